The number of nitrogens with zero attached hydrogens (tertiary/aromatic N) is 1. The van der Waals surface area contributed by atoms with Gasteiger partial charge in [0.25, 0.3) is 5.91 Å². The first-order chi connectivity index (χ1) is 10.1. The van der Waals surface area contributed by atoms with Crippen LogP contribution >= 0.6 is 0 Å². The number of nitrogens with one attached hydrogen (secondary N) is 1. The first-order valence-electron chi connectivity index (χ1n) is 7.09. The number of rotatable bonds is 3. The number of fused-ring (bicyclic) bond motifs is 1. The zero-order valence-electron chi connectivity index (χ0n) is 11.7. The van der Waals surface area contributed by atoms with Crippen molar-refractivity contribution in [2.45, 2.75) is 25.7 Å². The number of primary amides is 1. The van der Waals surface area contributed by atoms with E-state index in [1.165, 1.54) is 30.0 Å². The lowest BCUT2D eigenvalue weighted by Gasteiger charge is -2.20. The van der Waals surface area contributed by atoms with Gasteiger partial charge in [0, 0.05) is 5.69 Å². The molecule has 1 aliphatic rings. The molecule has 5 N–H and O–H groups in total. The Morgan fingerprint density at radius 1 is 1.14 bits per heavy atom. The number of benzene rings is 1. The van der Waals surface area contributed by atoms with E-state index in [9.17, 15) is 4.79 Å². The fourth-order valence-corrected chi connectivity index (χ4v) is 2.73. The molecule has 0 unspecified atom stereocenters. The molecule has 1 amide bonds. The molecule has 0 saturated carbocycles. The van der Waals surface area contributed by atoms with Crippen molar-refractivity contribution in [3.8, 4) is 0 Å². The molecule has 0 bridgehead atoms. The number of aromatic nitrogens is 1. The minimum absolute atomic E-state index is 0.205. The number of anilines is 3. The van der Waals surface area contributed by atoms with Gasteiger partial charge in [0.15, 0.2) is 5.82 Å². The summed E-state index contributed by atoms with van der Waals surface area (Å²) in [5.74, 6) is -0.0848. The van der Waals surface area contributed by atoms with Crippen LogP contribution in [0.5, 0.6) is 0 Å². The van der Waals surface area contributed by atoms with Crippen LogP contribution in [0, 0.1) is 0 Å². The second-order valence-corrected chi connectivity index (χ2v) is 5.27. The minimum atomic E-state index is -0.562. The number of hydrogen-bond acceptors (Lipinski definition) is 4. The zero-order chi connectivity index (χ0) is 14.8. The van der Waals surface area contributed by atoms with Gasteiger partial charge < -0.3 is 16.8 Å². The summed E-state index contributed by atoms with van der Waals surface area (Å²) in [6.07, 6.45) is 4.58. The van der Waals surface area contributed by atoms with Gasteiger partial charge in [-0.3, -0.25) is 4.79 Å². The molecule has 1 aromatic heterocycles. The Hall–Kier alpha value is -2.56. The molecule has 5 heteroatoms. The number of amides is 1. The Morgan fingerprint density at radius 2 is 1.95 bits per heavy atom. The van der Waals surface area contributed by atoms with Gasteiger partial charge >= 0.3 is 0 Å². The maximum absolute atomic E-state index is 11.2. The number of nitrogen functional groups attached to an aromatic ring is 1. The monoisotopic (exact) mass is 282 g/mol. The maximum atomic E-state index is 11.2. The largest absolute Gasteiger partial charge is 0.396 e. The topological polar surface area (TPSA) is 94.0 Å². The maximum Gasteiger partial charge on any atom is 0.267 e. The van der Waals surface area contributed by atoms with Crippen LogP contribution in [0.4, 0.5) is 17.2 Å². The molecule has 1 aromatic carbocycles. The molecular formula is C16H18N4O. The van der Waals surface area contributed by atoms with Gasteiger partial charge in [0.05, 0.1) is 5.69 Å². The molecule has 0 fully saturated rings. The average molecular weight is 282 g/mol. The lowest BCUT2D eigenvalue weighted by molar-refractivity contribution is 0.0996. The third-order valence-electron chi connectivity index (χ3n) is 3.83. The van der Waals surface area contributed by atoms with Crippen molar-refractivity contribution >= 4 is 23.1 Å². The Balaban J connectivity index is 1.97. The molecular weight excluding hydrogens is 264 g/mol. The molecule has 2 aromatic rings. The number of aryl methyl sites for hydroxylation is 1. The zero-order valence-corrected chi connectivity index (χ0v) is 11.7. The summed E-state index contributed by atoms with van der Waals surface area (Å²) < 4.78 is 0. The van der Waals surface area contributed by atoms with E-state index in [0.29, 0.717) is 11.5 Å². The standard InChI is InChI=1S/C16H18N4O/c17-12-8-9-14(15(18)21)20-16(12)19-13-7-3-5-10-4-1-2-6-11(10)13/h3,5,7-9H,1-2,4,6,17H2,(H2,18,21)(H,19,20). The van der Waals surface area contributed by atoms with Crippen molar-refractivity contribution in [3.05, 3.63) is 47.2 Å². The number of pyridine rings is 1. The highest BCUT2D eigenvalue weighted by Crippen LogP contribution is 2.30. The molecule has 21 heavy (non-hydrogen) atoms. The van der Waals surface area contributed by atoms with E-state index < -0.39 is 5.91 Å². The SMILES string of the molecule is NC(=O)c1ccc(N)c(Nc2cccc3c2CCCC3)n1. The fraction of sp³-hybridized carbons (Fsp3) is 0.250. The van der Waals surface area contributed by atoms with Crippen LogP contribution in [-0.2, 0) is 12.8 Å². The van der Waals surface area contributed by atoms with Gasteiger partial charge in [-0.15, -0.1) is 0 Å². The predicted molar refractivity (Wildman–Crippen MR) is 83.5 cm³/mol. The smallest absolute Gasteiger partial charge is 0.267 e. The summed E-state index contributed by atoms with van der Waals surface area (Å²) >= 11 is 0. The van der Waals surface area contributed by atoms with Gasteiger partial charge in [0.1, 0.15) is 5.69 Å². The molecule has 108 valence electrons. The lowest BCUT2D eigenvalue weighted by atomic mass is 9.90. The van der Waals surface area contributed by atoms with Gasteiger partial charge in [-0.25, -0.2) is 4.98 Å². The summed E-state index contributed by atoms with van der Waals surface area (Å²) in [4.78, 5) is 15.4. The summed E-state index contributed by atoms with van der Waals surface area (Å²) in [5, 5.41) is 3.25. The molecule has 3 rings (SSSR count). The summed E-state index contributed by atoms with van der Waals surface area (Å²) in [6, 6.07) is 9.38. The van der Waals surface area contributed by atoms with Gasteiger partial charge in [-0.05, 0) is 55.0 Å². The van der Waals surface area contributed by atoms with E-state index in [4.69, 9.17) is 11.5 Å². The molecule has 0 saturated heterocycles. The van der Waals surface area contributed by atoms with Crippen LogP contribution in [0.25, 0.3) is 0 Å². The third-order valence-corrected chi connectivity index (χ3v) is 3.83. The average Bonchev–Trinajstić information content (AvgIpc) is 2.49. The predicted octanol–water partition coefficient (Wildman–Crippen LogP) is 2.39. The number of carbonyl (C=O) groups is 1. The van der Waals surface area contributed by atoms with Crippen molar-refractivity contribution in [2.24, 2.45) is 5.73 Å². The Bertz CT molecular complexity index is 697. The highest BCUT2D eigenvalue weighted by molar-refractivity contribution is 5.92. The van der Waals surface area contributed by atoms with E-state index in [1.54, 1.807) is 6.07 Å². The van der Waals surface area contributed by atoms with Crippen LogP contribution in [0.2, 0.25) is 0 Å². The van der Waals surface area contributed by atoms with Gasteiger partial charge in [-0.2, -0.15) is 0 Å². The number of hydrogen-bond donors (Lipinski definition) is 3. The summed E-state index contributed by atoms with van der Waals surface area (Å²) in [7, 11) is 0. The van der Waals surface area contributed by atoms with Crippen molar-refractivity contribution in [3.63, 3.8) is 0 Å². The molecule has 1 aliphatic carbocycles. The van der Waals surface area contributed by atoms with Crippen molar-refractivity contribution in [2.75, 3.05) is 11.1 Å². The molecule has 0 aliphatic heterocycles. The van der Waals surface area contributed by atoms with E-state index >= 15 is 0 Å². The molecule has 0 radical (unpaired) electrons. The Labute approximate surface area is 123 Å². The molecule has 1 heterocycles. The van der Waals surface area contributed by atoms with Crippen LogP contribution in [0.3, 0.4) is 0 Å². The molecule has 5 nitrogen and oxygen atoms in total. The Kier molecular flexibility index (Phi) is 3.48. The highest BCUT2D eigenvalue weighted by atomic mass is 16.1. The van der Waals surface area contributed by atoms with Crippen molar-refractivity contribution in [1.29, 1.82) is 0 Å². The Morgan fingerprint density at radius 3 is 2.76 bits per heavy atom. The van der Waals surface area contributed by atoms with E-state index in [2.05, 4.69) is 16.4 Å². The lowest BCUT2D eigenvalue weighted by Crippen LogP contribution is -2.15. The quantitative estimate of drug-likeness (QED) is 0.805. The van der Waals surface area contributed by atoms with E-state index in [-0.39, 0.29) is 5.69 Å². The summed E-state index contributed by atoms with van der Waals surface area (Å²) in [5.41, 5.74) is 15.6. The fourth-order valence-electron chi connectivity index (χ4n) is 2.73. The van der Waals surface area contributed by atoms with E-state index in [1.807, 2.05) is 12.1 Å². The first kappa shape index (κ1) is 13.4. The highest BCUT2D eigenvalue weighted by Gasteiger charge is 2.14. The second kappa shape index (κ2) is 5.44. The number of carbonyl (C=O) groups excluding carboxylic acids is 1. The molecule has 0 spiro atoms. The third kappa shape index (κ3) is 2.67. The van der Waals surface area contributed by atoms with Gasteiger partial charge in [-0.1, -0.05) is 12.1 Å². The van der Waals surface area contributed by atoms with Gasteiger partial charge in [0.2, 0.25) is 0 Å². The summed E-state index contributed by atoms with van der Waals surface area (Å²) in [6.45, 7) is 0. The number of nitrogens with two attached hydrogens (primary N) is 2. The van der Waals surface area contributed by atoms with Crippen molar-refractivity contribution < 1.29 is 4.79 Å². The van der Waals surface area contributed by atoms with E-state index in [0.717, 1.165) is 18.5 Å². The molecule has 0 atom stereocenters. The van der Waals surface area contributed by atoms with Crippen molar-refractivity contribution in [1.82, 2.24) is 4.98 Å². The first-order valence-corrected chi connectivity index (χ1v) is 7.09. The van der Waals surface area contributed by atoms with Crippen LogP contribution in [0.15, 0.2) is 30.3 Å². The van der Waals surface area contributed by atoms with Crippen LogP contribution < -0.4 is 16.8 Å². The minimum Gasteiger partial charge on any atom is -0.396 e. The van der Waals surface area contributed by atoms with Crippen LogP contribution in [0.1, 0.15) is 34.5 Å². The second-order valence-electron chi connectivity index (χ2n) is 5.27. The van der Waals surface area contributed by atoms with Crippen LogP contribution in [-0.4, -0.2) is 10.9 Å². The normalized spacial score (nSPS) is 13.5.